The molecule has 0 atom stereocenters. The minimum absolute atomic E-state index is 0.583. The maximum Gasteiger partial charge on any atom is 0.151 e. The number of hydrogen-bond acceptors (Lipinski definition) is 5. The minimum atomic E-state index is 0.583. The van der Waals surface area contributed by atoms with E-state index < -0.39 is 0 Å². The van der Waals surface area contributed by atoms with Crippen molar-refractivity contribution in [1.29, 1.82) is 0 Å². The lowest BCUT2D eigenvalue weighted by molar-refractivity contribution is 0.499. The molecule has 2 fully saturated rings. The van der Waals surface area contributed by atoms with Crippen LogP contribution in [-0.4, -0.2) is 22.3 Å². The van der Waals surface area contributed by atoms with Gasteiger partial charge in [0.2, 0.25) is 0 Å². The molecule has 4 rings (SSSR count). The van der Waals surface area contributed by atoms with Crippen LogP contribution in [-0.2, 0) is 13.1 Å². The molecule has 0 spiro atoms. The highest BCUT2D eigenvalue weighted by atomic mass is 16.3. The fourth-order valence-corrected chi connectivity index (χ4v) is 2.49. The smallest absolute Gasteiger partial charge is 0.151 e. The van der Waals surface area contributed by atoms with Crippen molar-refractivity contribution < 1.29 is 4.42 Å². The highest BCUT2D eigenvalue weighted by Crippen LogP contribution is 2.31. The maximum atomic E-state index is 5.46. The van der Waals surface area contributed by atoms with Crippen LogP contribution < -0.4 is 10.2 Å². The Labute approximate surface area is 124 Å². The molecule has 0 bridgehead atoms. The quantitative estimate of drug-likeness (QED) is 0.846. The van der Waals surface area contributed by atoms with Crippen molar-refractivity contribution >= 4 is 5.82 Å². The van der Waals surface area contributed by atoms with Gasteiger partial charge >= 0.3 is 0 Å². The summed E-state index contributed by atoms with van der Waals surface area (Å²) in [4.78, 5) is 2.30. The van der Waals surface area contributed by atoms with Gasteiger partial charge < -0.3 is 14.6 Å². The Kier molecular flexibility index (Phi) is 3.35. The fourth-order valence-electron chi connectivity index (χ4n) is 2.49. The number of rotatable bonds is 7. The third-order valence-corrected chi connectivity index (χ3v) is 4.04. The van der Waals surface area contributed by atoms with E-state index in [0.717, 1.165) is 30.4 Å². The molecule has 110 valence electrons. The average molecular weight is 284 g/mol. The molecular formula is C16H20N4O. The van der Waals surface area contributed by atoms with Gasteiger partial charge in [0.1, 0.15) is 5.76 Å². The first-order chi connectivity index (χ1) is 10.4. The second kappa shape index (κ2) is 5.48. The molecule has 5 nitrogen and oxygen atoms in total. The lowest BCUT2D eigenvalue weighted by atomic mass is 10.3. The van der Waals surface area contributed by atoms with E-state index in [4.69, 9.17) is 4.42 Å². The zero-order valence-corrected chi connectivity index (χ0v) is 12.0. The Bertz CT molecular complexity index is 573. The number of aromatic nitrogens is 2. The molecule has 2 heterocycles. The van der Waals surface area contributed by atoms with Crippen molar-refractivity contribution in [2.75, 3.05) is 4.90 Å². The van der Waals surface area contributed by atoms with Crippen LogP contribution in [0, 0.1) is 0 Å². The van der Waals surface area contributed by atoms with Crippen molar-refractivity contribution in [3.63, 3.8) is 0 Å². The molecule has 2 aromatic heterocycles. The minimum Gasteiger partial charge on any atom is -0.467 e. The normalized spacial score (nSPS) is 17.9. The first kappa shape index (κ1) is 12.8. The molecule has 2 aromatic rings. The van der Waals surface area contributed by atoms with Crippen molar-refractivity contribution in [2.24, 2.45) is 0 Å². The number of nitrogens with one attached hydrogen (secondary N) is 1. The molecule has 21 heavy (non-hydrogen) atoms. The summed E-state index contributed by atoms with van der Waals surface area (Å²) in [5.41, 5.74) is 1.01. The third-order valence-electron chi connectivity index (χ3n) is 4.04. The van der Waals surface area contributed by atoms with Crippen LogP contribution in [0.1, 0.15) is 37.1 Å². The van der Waals surface area contributed by atoms with E-state index in [1.165, 1.54) is 25.7 Å². The first-order valence-corrected chi connectivity index (χ1v) is 7.73. The molecule has 0 unspecified atom stereocenters. The van der Waals surface area contributed by atoms with Crippen LogP contribution in [0.5, 0.6) is 0 Å². The zero-order chi connectivity index (χ0) is 14.1. The van der Waals surface area contributed by atoms with Crippen LogP contribution in [0.25, 0.3) is 0 Å². The van der Waals surface area contributed by atoms with Gasteiger partial charge in [-0.15, -0.1) is 5.10 Å². The molecule has 0 aliphatic heterocycles. The molecular weight excluding hydrogens is 264 g/mol. The zero-order valence-electron chi connectivity index (χ0n) is 12.0. The number of nitrogens with zero attached hydrogens (tertiary/aromatic N) is 3. The molecule has 2 aliphatic rings. The SMILES string of the molecule is c1coc(CN(c2ccc(CNC3CC3)nn2)C2CC2)c1. The summed E-state index contributed by atoms with van der Waals surface area (Å²) < 4.78 is 5.46. The van der Waals surface area contributed by atoms with Crippen LogP contribution in [0.3, 0.4) is 0 Å². The molecule has 1 N–H and O–H groups in total. The summed E-state index contributed by atoms with van der Waals surface area (Å²) in [5.74, 6) is 1.92. The van der Waals surface area contributed by atoms with Crippen molar-refractivity contribution in [3.05, 3.63) is 42.0 Å². The van der Waals surface area contributed by atoms with Crippen molar-refractivity contribution in [1.82, 2.24) is 15.5 Å². The van der Waals surface area contributed by atoms with Gasteiger partial charge in [-0.3, -0.25) is 0 Å². The van der Waals surface area contributed by atoms with Crippen molar-refractivity contribution in [2.45, 2.75) is 50.9 Å². The molecule has 0 aromatic carbocycles. The van der Waals surface area contributed by atoms with Gasteiger partial charge in [0.05, 0.1) is 18.5 Å². The average Bonchev–Trinajstić information content (AvgIpc) is 3.44. The van der Waals surface area contributed by atoms with E-state index in [0.29, 0.717) is 12.1 Å². The molecule has 0 saturated heterocycles. The van der Waals surface area contributed by atoms with E-state index in [9.17, 15) is 0 Å². The second-order valence-electron chi connectivity index (χ2n) is 5.98. The summed E-state index contributed by atoms with van der Waals surface area (Å²) in [5, 5.41) is 12.2. The van der Waals surface area contributed by atoms with Crippen molar-refractivity contribution in [3.8, 4) is 0 Å². The van der Waals surface area contributed by atoms with Gasteiger partial charge in [0.15, 0.2) is 5.82 Å². The second-order valence-corrected chi connectivity index (χ2v) is 5.98. The highest BCUT2D eigenvalue weighted by molar-refractivity contribution is 5.41. The summed E-state index contributed by atoms with van der Waals surface area (Å²) in [7, 11) is 0. The lowest BCUT2D eigenvalue weighted by Gasteiger charge is -2.21. The monoisotopic (exact) mass is 284 g/mol. The number of anilines is 1. The van der Waals surface area contributed by atoms with Crippen LogP contribution >= 0.6 is 0 Å². The Balaban J connectivity index is 1.44. The van der Waals surface area contributed by atoms with E-state index in [1.807, 2.05) is 12.1 Å². The van der Waals surface area contributed by atoms with Gasteiger partial charge in [-0.1, -0.05) is 0 Å². The predicted octanol–water partition coefficient (Wildman–Crippen LogP) is 2.49. The van der Waals surface area contributed by atoms with Gasteiger partial charge in [-0.2, -0.15) is 5.10 Å². The Morgan fingerprint density at radius 3 is 2.67 bits per heavy atom. The van der Waals surface area contributed by atoms with E-state index in [1.54, 1.807) is 6.26 Å². The first-order valence-electron chi connectivity index (χ1n) is 7.73. The third kappa shape index (κ3) is 3.24. The van der Waals surface area contributed by atoms with E-state index in [2.05, 4.69) is 32.5 Å². The lowest BCUT2D eigenvalue weighted by Crippen LogP contribution is -2.26. The number of hydrogen-bond donors (Lipinski definition) is 1. The topological polar surface area (TPSA) is 54.2 Å². The largest absolute Gasteiger partial charge is 0.467 e. The molecule has 5 heteroatoms. The van der Waals surface area contributed by atoms with Gasteiger partial charge in [-0.05, 0) is 49.9 Å². The van der Waals surface area contributed by atoms with Gasteiger partial charge in [0.25, 0.3) is 0 Å². The summed E-state index contributed by atoms with van der Waals surface area (Å²) in [6.07, 6.45) is 6.77. The summed E-state index contributed by atoms with van der Waals surface area (Å²) in [6, 6.07) is 9.39. The Morgan fingerprint density at radius 1 is 1.14 bits per heavy atom. The van der Waals surface area contributed by atoms with Gasteiger partial charge in [0, 0.05) is 18.6 Å². The van der Waals surface area contributed by atoms with E-state index >= 15 is 0 Å². The molecule has 0 amide bonds. The predicted molar refractivity (Wildman–Crippen MR) is 79.8 cm³/mol. The number of furan rings is 1. The van der Waals surface area contributed by atoms with Crippen LogP contribution in [0.2, 0.25) is 0 Å². The summed E-state index contributed by atoms with van der Waals surface area (Å²) in [6.45, 7) is 1.59. The fraction of sp³-hybridized carbons (Fsp3) is 0.500. The summed E-state index contributed by atoms with van der Waals surface area (Å²) >= 11 is 0. The van der Waals surface area contributed by atoms with Gasteiger partial charge in [-0.25, -0.2) is 0 Å². The Morgan fingerprint density at radius 2 is 2.05 bits per heavy atom. The molecule has 0 radical (unpaired) electrons. The van der Waals surface area contributed by atoms with Crippen LogP contribution in [0.15, 0.2) is 34.9 Å². The molecule has 2 aliphatic carbocycles. The standard InChI is InChI=1S/C16H20N4O/c1-2-15(21-9-1)11-20(14-6-7-14)16-8-5-13(18-19-16)10-17-12-3-4-12/h1-2,5,8-9,12,14,17H,3-4,6-7,10-11H2. The highest BCUT2D eigenvalue weighted by Gasteiger charge is 2.30. The maximum absolute atomic E-state index is 5.46. The Hall–Kier alpha value is -1.88. The van der Waals surface area contributed by atoms with E-state index in [-0.39, 0.29) is 0 Å². The molecule has 2 saturated carbocycles. The van der Waals surface area contributed by atoms with Crippen LogP contribution in [0.4, 0.5) is 5.82 Å².